The number of pyridine rings is 1. The summed E-state index contributed by atoms with van der Waals surface area (Å²) in [6.45, 7) is 0. The number of hydrogen-bond acceptors (Lipinski definition) is 3. The summed E-state index contributed by atoms with van der Waals surface area (Å²) >= 11 is 11.8. The van der Waals surface area contributed by atoms with Gasteiger partial charge in [0.2, 0.25) is 0 Å². The zero-order valence-corrected chi connectivity index (χ0v) is 12.2. The molecule has 0 aliphatic carbocycles. The Morgan fingerprint density at radius 1 is 1.33 bits per heavy atom. The number of nitriles is 1. The zero-order valence-electron chi connectivity index (χ0n) is 10.7. The largest absolute Gasteiger partial charge is 0.320 e. The first-order valence-corrected chi connectivity index (χ1v) is 6.64. The first-order chi connectivity index (χ1) is 10.1. The van der Waals surface area contributed by atoms with Crippen LogP contribution in [0.2, 0.25) is 10.0 Å². The number of carbonyl (C=O) groups is 1. The summed E-state index contributed by atoms with van der Waals surface area (Å²) in [6, 6.07) is 9.99. The molecule has 2 rings (SSSR count). The van der Waals surface area contributed by atoms with E-state index in [0.29, 0.717) is 21.3 Å². The lowest BCUT2D eigenvalue weighted by molar-refractivity contribution is -0.112. The first kappa shape index (κ1) is 15.0. The van der Waals surface area contributed by atoms with Crippen molar-refractivity contribution in [2.45, 2.75) is 0 Å². The molecule has 104 valence electrons. The Kier molecular flexibility index (Phi) is 4.94. The van der Waals surface area contributed by atoms with Crippen molar-refractivity contribution in [2.75, 3.05) is 5.32 Å². The third-order valence-electron chi connectivity index (χ3n) is 2.54. The molecule has 2 aromatic rings. The van der Waals surface area contributed by atoms with E-state index in [1.54, 1.807) is 36.7 Å². The van der Waals surface area contributed by atoms with Crippen LogP contribution in [0.15, 0.2) is 48.3 Å². The molecule has 1 N–H and O–H groups in total. The van der Waals surface area contributed by atoms with Gasteiger partial charge in [-0.1, -0.05) is 29.3 Å². The van der Waals surface area contributed by atoms with Crippen molar-refractivity contribution >= 4 is 40.9 Å². The minimum atomic E-state index is -0.564. The Morgan fingerprint density at radius 2 is 2.14 bits per heavy atom. The molecule has 0 aliphatic rings. The second-order valence-corrected chi connectivity index (χ2v) is 4.88. The molecule has 1 heterocycles. The summed E-state index contributed by atoms with van der Waals surface area (Å²) in [4.78, 5) is 16.0. The normalized spacial score (nSPS) is 10.8. The number of rotatable bonds is 3. The molecule has 6 heteroatoms. The van der Waals surface area contributed by atoms with Crippen LogP contribution in [0, 0.1) is 11.3 Å². The van der Waals surface area contributed by atoms with Gasteiger partial charge in [-0.25, -0.2) is 0 Å². The number of aromatic nitrogens is 1. The maximum absolute atomic E-state index is 12.1. The summed E-state index contributed by atoms with van der Waals surface area (Å²) in [5, 5.41) is 12.4. The van der Waals surface area contributed by atoms with Crippen LogP contribution in [0.25, 0.3) is 6.08 Å². The monoisotopic (exact) mass is 317 g/mol. The Labute approximate surface area is 131 Å². The second kappa shape index (κ2) is 6.89. The summed E-state index contributed by atoms with van der Waals surface area (Å²) in [5.41, 5.74) is 0.946. The van der Waals surface area contributed by atoms with Crippen LogP contribution in [0.1, 0.15) is 5.56 Å². The number of benzene rings is 1. The minimum Gasteiger partial charge on any atom is -0.320 e. The quantitative estimate of drug-likeness (QED) is 0.689. The van der Waals surface area contributed by atoms with Crippen molar-refractivity contribution in [1.29, 1.82) is 5.26 Å². The lowest BCUT2D eigenvalue weighted by Gasteiger charge is -2.06. The van der Waals surface area contributed by atoms with Gasteiger partial charge in [0.15, 0.2) is 0 Å². The third kappa shape index (κ3) is 4.06. The highest BCUT2D eigenvalue weighted by Crippen LogP contribution is 2.25. The molecule has 0 fully saturated rings. The molecule has 1 amide bonds. The van der Waals surface area contributed by atoms with E-state index in [9.17, 15) is 4.79 Å². The number of halogens is 2. The Hall–Kier alpha value is -2.35. The van der Waals surface area contributed by atoms with Crippen LogP contribution < -0.4 is 5.32 Å². The number of anilines is 1. The number of hydrogen-bond donors (Lipinski definition) is 1. The van der Waals surface area contributed by atoms with Gasteiger partial charge in [0, 0.05) is 17.4 Å². The molecular weight excluding hydrogens is 309 g/mol. The molecule has 0 saturated heterocycles. The molecule has 21 heavy (non-hydrogen) atoms. The SMILES string of the molecule is N#C/C(=C\c1cccnc1)C(=O)Nc1cc(Cl)ccc1Cl. The molecule has 0 atom stereocenters. The lowest BCUT2D eigenvalue weighted by atomic mass is 10.1. The zero-order chi connectivity index (χ0) is 15.2. The number of nitrogens with one attached hydrogen (secondary N) is 1. The van der Waals surface area contributed by atoms with Gasteiger partial charge in [-0.05, 0) is 35.9 Å². The second-order valence-electron chi connectivity index (χ2n) is 4.03. The topological polar surface area (TPSA) is 65.8 Å². The highest BCUT2D eigenvalue weighted by atomic mass is 35.5. The van der Waals surface area contributed by atoms with Crippen LogP contribution in [0.3, 0.4) is 0 Å². The summed E-state index contributed by atoms with van der Waals surface area (Å²) in [5.74, 6) is -0.564. The van der Waals surface area contributed by atoms with Crippen LogP contribution >= 0.6 is 23.2 Å². The number of amides is 1. The summed E-state index contributed by atoms with van der Waals surface area (Å²) in [6.07, 6.45) is 4.60. The van der Waals surface area contributed by atoms with Crippen LogP contribution in [0.5, 0.6) is 0 Å². The summed E-state index contributed by atoms with van der Waals surface area (Å²) < 4.78 is 0. The van der Waals surface area contributed by atoms with Gasteiger partial charge in [-0.15, -0.1) is 0 Å². The maximum Gasteiger partial charge on any atom is 0.266 e. The molecule has 0 bridgehead atoms. The standard InChI is InChI=1S/C15H9Cl2N3O/c16-12-3-4-13(17)14(7-12)20-15(21)11(8-18)6-10-2-1-5-19-9-10/h1-7,9H,(H,20,21)/b11-6+. The van der Waals surface area contributed by atoms with E-state index in [1.165, 1.54) is 12.1 Å². The predicted octanol–water partition coefficient (Wildman–Crippen LogP) is 3.93. The molecular formula is C15H9Cl2N3O. The molecule has 1 aromatic heterocycles. The van der Waals surface area contributed by atoms with E-state index in [-0.39, 0.29) is 5.57 Å². The van der Waals surface area contributed by atoms with Gasteiger partial charge < -0.3 is 5.32 Å². The average molecular weight is 318 g/mol. The van der Waals surface area contributed by atoms with Crippen molar-refractivity contribution in [3.63, 3.8) is 0 Å². The van der Waals surface area contributed by atoms with E-state index in [0.717, 1.165) is 0 Å². The molecule has 1 aromatic carbocycles. The molecule has 0 aliphatic heterocycles. The third-order valence-corrected chi connectivity index (χ3v) is 3.10. The van der Waals surface area contributed by atoms with Crippen molar-refractivity contribution < 1.29 is 4.79 Å². The maximum atomic E-state index is 12.1. The van der Waals surface area contributed by atoms with Gasteiger partial charge in [0.25, 0.3) is 5.91 Å². The van der Waals surface area contributed by atoms with Gasteiger partial charge >= 0.3 is 0 Å². The van der Waals surface area contributed by atoms with Crippen molar-refractivity contribution in [2.24, 2.45) is 0 Å². The fourth-order valence-corrected chi connectivity index (χ4v) is 1.90. The van der Waals surface area contributed by atoms with Gasteiger partial charge in [-0.2, -0.15) is 5.26 Å². The first-order valence-electron chi connectivity index (χ1n) is 5.88. The van der Waals surface area contributed by atoms with Gasteiger partial charge in [0.1, 0.15) is 11.6 Å². The lowest BCUT2D eigenvalue weighted by Crippen LogP contribution is -2.13. The fourth-order valence-electron chi connectivity index (χ4n) is 1.56. The van der Waals surface area contributed by atoms with Crippen molar-refractivity contribution in [3.8, 4) is 6.07 Å². The van der Waals surface area contributed by atoms with E-state index in [2.05, 4.69) is 10.3 Å². The Balaban J connectivity index is 2.24. The Morgan fingerprint density at radius 3 is 2.81 bits per heavy atom. The van der Waals surface area contributed by atoms with Crippen LogP contribution in [-0.2, 0) is 4.79 Å². The molecule has 0 radical (unpaired) electrons. The van der Waals surface area contributed by atoms with Crippen LogP contribution in [0.4, 0.5) is 5.69 Å². The van der Waals surface area contributed by atoms with Crippen molar-refractivity contribution in [1.82, 2.24) is 4.98 Å². The Bertz CT molecular complexity index is 736. The highest BCUT2D eigenvalue weighted by molar-refractivity contribution is 6.36. The van der Waals surface area contributed by atoms with E-state index in [4.69, 9.17) is 28.5 Å². The van der Waals surface area contributed by atoms with Gasteiger partial charge in [-0.3, -0.25) is 9.78 Å². The molecule has 0 saturated carbocycles. The molecule has 4 nitrogen and oxygen atoms in total. The van der Waals surface area contributed by atoms with E-state index >= 15 is 0 Å². The molecule has 0 unspecified atom stereocenters. The highest BCUT2D eigenvalue weighted by Gasteiger charge is 2.11. The summed E-state index contributed by atoms with van der Waals surface area (Å²) in [7, 11) is 0. The average Bonchev–Trinajstić information content (AvgIpc) is 2.49. The number of carbonyl (C=O) groups excluding carboxylic acids is 1. The van der Waals surface area contributed by atoms with Crippen molar-refractivity contribution in [3.05, 3.63) is 63.9 Å². The predicted molar refractivity (Wildman–Crippen MR) is 82.9 cm³/mol. The molecule has 0 spiro atoms. The van der Waals surface area contributed by atoms with Crippen LogP contribution in [-0.4, -0.2) is 10.9 Å². The number of nitrogens with zero attached hydrogens (tertiary/aromatic N) is 2. The fraction of sp³-hybridized carbons (Fsp3) is 0. The van der Waals surface area contributed by atoms with Gasteiger partial charge in [0.05, 0.1) is 10.7 Å². The minimum absolute atomic E-state index is 0.0564. The van der Waals surface area contributed by atoms with E-state index < -0.39 is 5.91 Å². The smallest absolute Gasteiger partial charge is 0.266 e. The van der Waals surface area contributed by atoms with E-state index in [1.807, 2.05) is 6.07 Å².